The van der Waals surface area contributed by atoms with Crippen LogP contribution in [0.5, 0.6) is 0 Å². The molecule has 1 aliphatic heterocycles. The molecule has 0 aromatic heterocycles. The Morgan fingerprint density at radius 3 is 1.67 bits per heavy atom. The van der Waals surface area contributed by atoms with Crippen LogP contribution >= 0.6 is 0 Å². The summed E-state index contributed by atoms with van der Waals surface area (Å²) in [6.07, 6.45) is 7.01. The lowest BCUT2D eigenvalue weighted by Gasteiger charge is -2.45. The van der Waals surface area contributed by atoms with E-state index in [0.29, 0.717) is 0 Å². The van der Waals surface area contributed by atoms with Crippen LogP contribution in [0.25, 0.3) is 0 Å². The molecule has 5 aliphatic rings. The van der Waals surface area contributed by atoms with E-state index in [1.807, 2.05) is 24.3 Å². The first-order valence-corrected chi connectivity index (χ1v) is 12.5. The van der Waals surface area contributed by atoms with Gasteiger partial charge in [-0.05, 0) is 35.1 Å². The number of hydrogen-bond donors (Lipinski definition) is 1. The molecule has 1 heterocycles. The molecule has 2 fully saturated rings. The van der Waals surface area contributed by atoms with Crippen LogP contribution in [0.3, 0.4) is 0 Å². The molecule has 0 radical (unpaired) electrons. The number of carbonyl (C=O) groups is 3. The van der Waals surface area contributed by atoms with Gasteiger partial charge in [0.15, 0.2) is 0 Å². The number of nitrogens with one attached hydrogen (secondary N) is 1. The van der Waals surface area contributed by atoms with E-state index >= 15 is 0 Å². The number of benzene rings is 2. The number of nitrogens with zero attached hydrogens (tertiary/aromatic N) is 1. The van der Waals surface area contributed by atoms with Crippen LogP contribution in [0, 0.1) is 11.8 Å². The van der Waals surface area contributed by atoms with Crippen LogP contribution in [0.4, 0.5) is 0 Å². The van der Waals surface area contributed by atoms with Crippen molar-refractivity contribution in [1.29, 1.82) is 0 Å². The third kappa shape index (κ3) is 3.24. The summed E-state index contributed by atoms with van der Waals surface area (Å²) in [4.78, 5) is 41.2. The van der Waals surface area contributed by atoms with Crippen molar-refractivity contribution in [1.82, 2.24) is 10.2 Å². The zero-order valence-corrected chi connectivity index (χ0v) is 18.8. The summed E-state index contributed by atoms with van der Waals surface area (Å²) in [5.41, 5.74) is 4.71. The van der Waals surface area contributed by atoms with Crippen molar-refractivity contribution < 1.29 is 14.4 Å². The number of hydrogen-bond acceptors (Lipinski definition) is 3. The van der Waals surface area contributed by atoms with Crippen LogP contribution in [0.15, 0.2) is 48.5 Å². The average Bonchev–Trinajstić information content (AvgIpc) is 3.00. The Bertz CT molecular complexity index is 1000. The van der Waals surface area contributed by atoms with Crippen molar-refractivity contribution in [2.45, 2.75) is 62.8 Å². The normalized spacial score (nSPS) is 28.2. The lowest BCUT2D eigenvalue weighted by atomic mass is 9.55. The molecule has 7 rings (SSSR count). The molecule has 0 spiro atoms. The first-order valence-electron chi connectivity index (χ1n) is 12.5. The third-order valence-corrected chi connectivity index (χ3v) is 8.32. The predicted octanol–water partition coefficient (Wildman–Crippen LogP) is 4.11. The van der Waals surface area contributed by atoms with Gasteiger partial charge in [0.25, 0.3) is 0 Å². The van der Waals surface area contributed by atoms with E-state index < -0.39 is 0 Å². The van der Waals surface area contributed by atoms with Crippen LogP contribution < -0.4 is 5.32 Å². The molecular weight excluding hydrogens is 412 g/mol. The van der Waals surface area contributed by atoms with Crippen molar-refractivity contribution in [3.63, 3.8) is 0 Å². The second-order valence-electron chi connectivity index (χ2n) is 10.1. The fourth-order valence-electron chi connectivity index (χ4n) is 6.90. The van der Waals surface area contributed by atoms with Crippen LogP contribution in [-0.4, -0.2) is 35.2 Å². The summed E-state index contributed by atoms with van der Waals surface area (Å²) in [5, 5.41) is 3.15. The van der Waals surface area contributed by atoms with E-state index in [-0.39, 0.29) is 60.4 Å². The van der Waals surface area contributed by atoms with E-state index in [1.165, 1.54) is 40.0 Å². The monoisotopic (exact) mass is 442 g/mol. The number of imide groups is 1. The number of amides is 3. The minimum absolute atomic E-state index is 0.0492. The maximum atomic E-state index is 13.6. The van der Waals surface area contributed by atoms with E-state index in [1.54, 1.807) is 0 Å². The molecule has 1 saturated carbocycles. The van der Waals surface area contributed by atoms with Crippen molar-refractivity contribution in [3.8, 4) is 0 Å². The molecule has 1 N–H and O–H groups in total. The van der Waals surface area contributed by atoms with Gasteiger partial charge in [0.2, 0.25) is 17.7 Å². The highest BCUT2D eigenvalue weighted by Gasteiger charge is 2.61. The molecule has 5 nitrogen and oxygen atoms in total. The summed E-state index contributed by atoms with van der Waals surface area (Å²) in [5.74, 6) is -1.17. The smallest absolute Gasteiger partial charge is 0.234 e. The molecule has 4 aliphatic carbocycles. The summed E-state index contributed by atoms with van der Waals surface area (Å²) in [6, 6.07) is 16.8. The second kappa shape index (κ2) is 8.12. The van der Waals surface area contributed by atoms with Gasteiger partial charge < -0.3 is 5.32 Å². The topological polar surface area (TPSA) is 66.5 Å². The van der Waals surface area contributed by atoms with Crippen LogP contribution in [0.2, 0.25) is 0 Å². The van der Waals surface area contributed by atoms with Gasteiger partial charge in [-0.3, -0.25) is 19.3 Å². The van der Waals surface area contributed by atoms with E-state index in [4.69, 9.17) is 0 Å². The Morgan fingerprint density at radius 2 is 1.21 bits per heavy atom. The summed E-state index contributed by atoms with van der Waals surface area (Å²) < 4.78 is 0. The molecular formula is C28H30N2O3. The largest absolute Gasteiger partial charge is 0.353 e. The highest BCUT2D eigenvalue weighted by molar-refractivity contribution is 6.08. The maximum absolute atomic E-state index is 13.6. The van der Waals surface area contributed by atoms with Crippen molar-refractivity contribution >= 4 is 17.7 Å². The zero-order valence-electron chi connectivity index (χ0n) is 18.8. The number of carbonyl (C=O) groups excluding carboxylic acids is 3. The Labute approximate surface area is 194 Å². The van der Waals surface area contributed by atoms with Crippen molar-refractivity contribution in [3.05, 3.63) is 70.8 Å². The zero-order chi connectivity index (χ0) is 22.5. The van der Waals surface area contributed by atoms with Gasteiger partial charge in [0.1, 0.15) is 0 Å². The number of likely N-dealkylation sites (tertiary alicyclic amines) is 1. The highest BCUT2D eigenvalue weighted by Crippen LogP contribution is 2.60. The molecule has 5 heteroatoms. The molecule has 170 valence electrons. The highest BCUT2D eigenvalue weighted by atomic mass is 16.2. The predicted molar refractivity (Wildman–Crippen MR) is 125 cm³/mol. The fourth-order valence-corrected chi connectivity index (χ4v) is 6.90. The fraction of sp³-hybridized carbons (Fsp3) is 0.464. The van der Waals surface area contributed by atoms with Gasteiger partial charge in [-0.15, -0.1) is 0 Å². The second-order valence-corrected chi connectivity index (χ2v) is 10.1. The van der Waals surface area contributed by atoms with Gasteiger partial charge in [0, 0.05) is 30.8 Å². The summed E-state index contributed by atoms with van der Waals surface area (Å²) in [6.45, 7) is 0.176. The van der Waals surface area contributed by atoms with Crippen LogP contribution in [-0.2, 0) is 14.4 Å². The lowest BCUT2D eigenvalue weighted by molar-refractivity contribution is -0.140. The SMILES string of the molecule is O=C(CCN1C(=O)C2C3c4ccccc4C(c4ccccc43)C2C1=O)NC1CCCCCC1. The summed E-state index contributed by atoms with van der Waals surface area (Å²) >= 11 is 0. The minimum Gasteiger partial charge on any atom is -0.353 e. The Hall–Kier alpha value is -2.95. The molecule has 2 unspecified atom stereocenters. The van der Waals surface area contributed by atoms with Gasteiger partial charge in [-0.2, -0.15) is 0 Å². The van der Waals surface area contributed by atoms with Gasteiger partial charge in [-0.1, -0.05) is 74.2 Å². The van der Waals surface area contributed by atoms with Gasteiger partial charge >= 0.3 is 0 Å². The minimum atomic E-state index is -0.364. The molecule has 2 bridgehead atoms. The molecule has 33 heavy (non-hydrogen) atoms. The van der Waals surface area contributed by atoms with E-state index in [0.717, 1.165) is 25.7 Å². The maximum Gasteiger partial charge on any atom is 0.234 e. The summed E-state index contributed by atoms with van der Waals surface area (Å²) in [7, 11) is 0. The molecule has 2 atom stereocenters. The van der Waals surface area contributed by atoms with E-state index in [2.05, 4.69) is 29.6 Å². The van der Waals surface area contributed by atoms with Gasteiger partial charge in [0.05, 0.1) is 11.8 Å². The first kappa shape index (κ1) is 20.6. The van der Waals surface area contributed by atoms with Crippen molar-refractivity contribution in [2.24, 2.45) is 11.8 Å². The third-order valence-electron chi connectivity index (χ3n) is 8.32. The molecule has 2 aromatic rings. The Balaban J connectivity index is 1.24. The quantitative estimate of drug-likeness (QED) is 0.573. The number of rotatable bonds is 4. The van der Waals surface area contributed by atoms with Crippen LogP contribution in [0.1, 0.15) is 79.0 Å². The van der Waals surface area contributed by atoms with E-state index in [9.17, 15) is 14.4 Å². The molecule has 2 aromatic carbocycles. The lowest BCUT2D eigenvalue weighted by Crippen LogP contribution is -2.41. The van der Waals surface area contributed by atoms with Gasteiger partial charge in [-0.25, -0.2) is 0 Å². The van der Waals surface area contributed by atoms with Crippen molar-refractivity contribution in [2.75, 3.05) is 6.54 Å². The molecule has 1 saturated heterocycles. The first-order chi connectivity index (χ1) is 16.1. The molecule has 3 amide bonds. The Morgan fingerprint density at radius 1 is 0.758 bits per heavy atom. The average molecular weight is 443 g/mol. The Kier molecular flexibility index (Phi) is 5.08. The standard InChI is InChI=1S/C28H30N2O3/c31-22(29-17-9-3-1-2-4-10-17)15-16-30-27(32)25-23-18-11-5-6-12-19(18)24(26(25)28(30)33)21-14-8-7-13-20(21)23/h5-8,11-14,17,23-26H,1-4,9-10,15-16H2,(H,29,31).